The van der Waals surface area contributed by atoms with Gasteiger partial charge in [0.25, 0.3) is 0 Å². The van der Waals surface area contributed by atoms with Crippen LogP contribution in [0, 0.1) is 5.92 Å². The van der Waals surface area contributed by atoms with Gasteiger partial charge in [0.1, 0.15) is 5.75 Å². The Kier molecular flexibility index (Phi) is 6.86. The Bertz CT molecular complexity index is 416. The van der Waals surface area contributed by atoms with Crippen molar-refractivity contribution in [2.24, 2.45) is 5.92 Å². The molecule has 0 N–H and O–H groups in total. The zero-order chi connectivity index (χ0) is 13.2. The molecule has 1 heterocycles. The average molecular weight is 297 g/mol. The minimum absolute atomic E-state index is 0. The maximum atomic E-state index is 12.6. The largest absolute Gasteiger partial charge is 1.00 e. The van der Waals surface area contributed by atoms with Crippen LogP contribution in [0.1, 0.15) is 32.6 Å². The molecule has 0 bridgehead atoms. The van der Waals surface area contributed by atoms with E-state index in [2.05, 4.69) is 11.9 Å². The van der Waals surface area contributed by atoms with Gasteiger partial charge in [-0.15, -0.1) is 0 Å². The summed E-state index contributed by atoms with van der Waals surface area (Å²) in [6.07, 6.45) is 6.27. The predicted octanol–water partition coefficient (Wildman–Crippen LogP) is 0.0975. The summed E-state index contributed by atoms with van der Waals surface area (Å²) >= 11 is 0. The van der Waals surface area contributed by atoms with Crippen molar-refractivity contribution in [3.05, 3.63) is 18.5 Å². The maximum Gasteiger partial charge on any atom is 1.00 e. The number of ether oxygens (including phenoxy) is 1. The summed E-state index contributed by atoms with van der Waals surface area (Å²) in [6.45, 7) is -2.86. The Labute approximate surface area is 154 Å². The second-order valence-electron chi connectivity index (χ2n) is 5.04. The van der Waals surface area contributed by atoms with Gasteiger partial charge in [-0.2, -0.15) is 0 Å². The van der Waals surface area contributed by atoms with E-state index in [1.807, 2.05) is 0 Å². The fraction of sp³-hybridized carbons (Fsp3) is 0.583. The maximum absolute atomic E-state index is 12.6. The average Bonchev–Trinajstić information content (AvgIpc) is 2.28. The molecule has 2 nitrogen and oxygen atoms in total. The van der Waals surface area contributed by atoms with E-state index in [0.717, 1.165) is 31.5 Å². The normalized spacial score (nSPS) is 23.6. The Balaban J connectivity index is 0.00000180. The fourth-order valence-corrected chi connectivity index (χ4v) is 2.36. The molecule has 0 spiro atoms. The summed E-state index contributed by atoms with van der Waals surface area (Å²) in [4.78, 5) is 3.61. The summed E-state index contributed by atoms with van der Waals surface area (Å²) in [5, 5.41) is 0. The number of pyridine rings is 1. The van der Waals surface area contributed by atoms with Crippen LogP contribution in [0.15, 0.2) is 18.5 Å². The van der Waals surface area contributed by atoms with Crippen molar-refractivity contribution in [1.29, 1.82) is 0 Å². The van der Waals surface area contributed by atoms with Gasteiger partial charge in [-0.3, -0.25) is 4.98 Å². The monoisotopic (exact) mass is 297 g/mol. The van der Waals surface area contributed by atoms with E-state index in [-0.39, 0.29) is 63.2 Å². The van der Waals surface area contributed by atoms with Gasteiger partial charge >= 0.3 is 58.4 Å². The fourth-order valence-electron chi connectivity index (χ4n) is 2.36. The third-order valence-electron chi connectivity index (χ3n) is 3.30. The molecule has 2 unspecified atom stereocenters. The molecule has 2 rings (SSSR count). The van der Waals surface area contributed by atoms with E-state index in [4.69, 9.17) is 4.74 Å². The van der Waals surface area contributed by atoms with Gasteiger partial charge in [-0.1, -0.05) is 18.8 Å². The topological polar surface area (TPSA) is 22.1 Å². The minimum atomic E-state index is -5.01. The Morgan fingerprint density at radius 3 is 2.63 bits per heavy atom. The summed E-state index contributed by atoms with van der Waals surface area (Å²) in [7, 11) is 0. The zero-order valence-electron chi connectivity index (χ0n) is 11.3. The van der Waals surface area contributed by atoms with Gasteiger partial charge in [-0.25, -0.2) is 0 Å². The molecule has 0 radical (unpaired) electrons. The second kappa shape index (κ2) is 7.45. The van der Waals surface area contributed by atoms with Crippen LogP contribution >= 0.6 is 0 Å². The molecule has 1 aromatic heterocycles. The van der Waals surface area contributed by atoms with E-state index in [9.17, 15) is 12.9 Å². The molecular weight excluding hydrogens is 281 g/mol. The van der Waals surface area contributed by atoms with Crippen molar-refractivity contribution in [3.63, 3.8) is 0 Å². The van der Waals surface area contributed by atoms with Crippen molar-refractivity contribution in [2.75, 3.05) is 0 Å². The van der Waals surface area contributed by atoms with Gasteiger partial charge < -0.3 is 17.7 Å². The van der Waals surface area contributed by atoms with Crippen molar-refractivity contribution in [1.82, 2.24) is 4.98 Å². The number of hydrogen-bond donors (Lipinski definition) is 0. The second-order valence-corrected chi connectivity index (χ2v) is 5.04. The number of hydrogen-bond acceptors (Lipinski definition) is 2. The molecular formula is C12H16BF3KNO. The summed E-state index contributed by atoms with van der Waals surface area (Å²) in [5.74, 6) is 0.803. The predicted molar refractivity (Wildman–Crippen MR) is 65.0 cm³/mol. The summed E-state index contributed by atoms with van der Waals surface area (Å²) in [5.41, 5.74) is -0.698. The van der Waals surface area contributed by atoms with Crippen molar-refractivity contribution in [2.45, 2.75) is 38.7 Å². The zero-order valence-corrected chi connectivity index (χ0v) is 14.4. The Morgan fingerprint density at radius 2 is 2.00 bits per heavy atom. The van der Waals surface area contributed by atoms with Gasteiger partial charge in [0.05, 0.1) is 12.3 Å². The first kappa shape index (κ1) is 17.5. The van der Waals surface area contributed by atoms with Crippen LogP contribution in [-0.2, 0) is 0 Å². The van der Waals surface area contributed by atoms with Crippen LogP contribution in [0.5, 0.6) is 5.75 Å². The van der Waals surface area contributed by atoms with Crippen LogP contribution < -0.4 is 61.6 Å². The molecule has 0 aliphatic heterocycles. The first-order valence-corrected chi connectivity index (χ1v) is 6.26. The Morgan fingerprint density at radius 1 is 1.26 bits per heavy atom. The molecule has 2 atom stereocenters. The van der Waals surface area contributed by atoms with Gasteiger partial charge in [0.15, 0.2) is 0 Å². The molecule has 1 saturated carbocycles. The minimum Gasteiger partial charge on any atom is -0.489 e. The van der Waals surface area contributed by atoms with E-state index in [0.29, 0.717) is 5.92 Å². The van der Waals surface area contributed by atoms with Crippen LogP contribution in [0.25, 0.3) is 0 Å². The molecule has 7 heteroatoms. The van der Waals surface area contributed by atoms with Crippen LogP contribution in [-0.4, -0.2) is 18.1 Å². The Hall–Kier alpha value is 0.441. The molecule has 100 valence electrons. The molecule has 19 heavy (non-hydrogen) atoms. The van der Waals surface area contributed by atoms with Crippen molar-refractivity contribution >= 4 is 12.4 Å². The van der Waals surface area contributed by atoms with Gasteiger partial charge in [0, 0.05) is 6.20 Å². The molecule has 1 aliphatic carbocycles. The molecule has 1 fully saturated rings. The van der Waals surface area contributed by atoms with Gasteiger partial charge in [-0.05, 0) is 31.2 Å². The quantitative estimate of drug-likeness (QED) is 0.738. The van der Waals surface area contributed by atoms with Crippen LogP contribution in [0.2, 0.25) is 0 Å². The van der Waals surface area contributed by atoms with E-state index in [1.54, 1.807) is 0 Å². The standard InChI is InChI=1S/C12H16BF3NO.K/c1-9-3-2-4-11(5-9)18-12-6-10(7-17-8-12)13(14,15)16;/h6-9,11H,2-5H2,1H3;/q-1;+1. The smallest absolute Gasteiger partial charge is 0.489 e. The van der Waals surface area contributed by atoms with E-state index in [1.165, 1.54) is 12.6 Å². The van der Waals surface area contributed by atoms with Crippen LogP contribution in [0.3, 0.4) is 0 Å². The SMILES string of the molecule is CC1CCCC(Oc2cncc([B-](F)(F)F)c2)C1.[K+]. The first-order valence-electron chi connectivity index (χ1n) is 6.26. The number of aromatic nitrogens is 1. The van der Waals surface area contributed by atoms with E-state index >= 15 is 0 Å². The molecule has 1 aromatic rings. The first-order chi connectivity index (χ1) is 8.45. The molecule has 0 amide bonds. The number of nitrogens with zero attached hydrogens (tertiary/aromatic N) is 1. The van der Waals surface area contributed by atoms with Crippen molar-refractivity contribution in [3.8, 4) is 5.75 Å². The molecule has 0 aromatic carbocycles. The van der Waals surface area contributed by atoms with Crippen LogP contribution in [0.4, 0.5) is 12.9 Å². The number of rotatable bonds is 3. The molecule has 0 saturated heterocycles. The number of halogens is 3. The van der Waals surface area contributed by atoms with Gasteiger partial charge in [0.2, 0.25) is 0 Å². The summed E-state index contributed by atoms with van der Waals surface area (Å²) in [6, 6.07) is 1.05. The van der Waals surface area contributed by atoms with Crippen molar-refractivity contribution < 1.29 is 69.1 Å². The summed E-state index contributed by atoms with van der Waals surface area (Å²) < 4.78 is 43.3. The third kappa shape index (κ3) is 5.38. The van der Waals surface area contributed by atoms with E-state index < -0.39 is 12.4 Å². The third-order valence-corrected chi connectivity index (χ3v) is 3.30. The molecule has 1 aliphatic rings.